The van der Waals surface area contributed by atoms with Gasteiger partial charge < -0.3 is 4.42 Å². The second-order valence-corrected chi connectivity index (χ2v) is 13.6. The van der Waals surface area contributed by atoms with Gasteiger partial charge in [-0.2, -0.15) is 0 Å². The normalized spacial score (nSPS) is 11.8. The molecule has 220 valence electrons. The maximum atomic E-state index is 6.48. The Balaban J connectivity index is 1.17. The van der Waals surface area contributed by atoms with E-state index in [4.69, 9.17) is 24.4 Å². The molecule has 0 spiro atoms. The highest BCUT2D eigenvalue weighted by molar-refractivity contribution is 7.26. The molecule has 0 aliphatic carbocycles. The molecule has 0 atom stereocenters. The minimum atomic E-state index is 0.636. The van der Waals surface area contributed by atoms with Crippen molar-refractivity contribution in [1.29, 1.82) is 0 Å². The van der Waals surface area contributed by atoms with Crippen LogP contribution >= 0.6 is 22.7 Å². The topological polar surface area (TPSA) is 64.7 Å². The van der Waals surface area contributed by atoms with Gasteiger partial charge >= 0.3 is 0 Å². The van der Waals surface area contributed by atoms with Crippen molar-refractivity contribution in [2.75, 3.05) is 0 Å². The molecule has 0 saturated heterocycles. The van der Waals surface area contributed by atoms with E-state index in [0.717, 1.165) is 53.5 Å². The van der Waals surface area contributed by atoms with E-state index in [2.05, 4.69) is 72.8 Å². The first kappa shape index (κ1) is 26.5. The number of fused-ring (bicyclic) bond motifs is 7. The van der Waals surface area contributed by atoms with Gasteiger partial charge in [0.15, 0.2) is 23.1 Å². The number of oxazole rings is 1. The molecule has 0 bridgehead atoms. The number of hydrogen-bond donors (Lipinski definition) is 0. The molecule has 5 nitrogen and oxygen atoms in total. The molecule has 0 N–H and O–H groups in total. The number of aromatic nitrogens is 4. The number of thiophene rings is 2. The number of nitrogens with zero attached hydrogens (tertiary/aromatic N) is 4. The second-order valence-electron chi connectivity index (χ2n) is 11.4. The van der Waals surface area contributed by atoms with Crippen molar-refractivity contribution in [3.63, 3.8) is 0 Å². The van der Waals surface area contributed by atoms with E-state index in [0.29, 0.717) is 23.4 Å². The molecule has 0 saturated carbocycles. The van der Waals surface area contributed by atoms with Crippen LogP contribution < -0.4 is 0 Å². The van der Waals surface area contributed by atoms with Crippen LogP contribution in [-0.2, 0) is 0 Å². The molecule has 7 heteroatoms. The monoisotopic (exact) mass is 638 g/mol. The second kappa shape index (κ2) is 10.4. The average molecular weight is 639 g/mol. The van der Waals surface area contributed by atoms with E-state index in [-0.39, 0.29) is 0 Å². The predicted octanol–water partition coefficient (Wildman–Crippen LogP) is 11.4. The fraction of sp³-hybridized carbons (Fsp3) is 0. The molecule has 4 aromatic heterocycles. The minimum absolute atomic E-state index is 0.636. The third-order valence-corrected chi connectivity index (χ3v) is 10.9. The van der Waals surface area contributed by atoms with Crippen LogP contribution in [0.15, 0.2) is 138 Å². The third-order valence-electron chi connectivity index (χ3n) is 8.58. The van der Waals surface area contributed by atoms with Crippen LogP contribution in [0, 0.1) is 0 Å². The van der Waals surface area contributed by atoms with Gasteiger partial charge in [-0.3, -0.25) is 0 Å². The highest BCUT2D eigenvalue weighted by atomic mass is 32.1. The van der Waals surface area contributed by atoms with Gasteiger partial charge in [-0.15, -0.1) is 22.7 Å². The summed E-state index contributed by atoms with van der Waals surface area (Å²) in [6, 6.07) is 45.7. The molecule has 0 unspecified atom stereocenters. The van der Waals surface area contributed by atoms with Gasteiger partial charge in [-0.1, -0.05) is 103 Å². The lowest BCUT2D eigenvalue weighted by Gasteiger charge is -2.09. The molecule has 0 fully saturated rings. The van der Waals surface area contributed by atoms with Crippen LogP contribution in [0.25, 0.3) is 97.1 Å². The molecule has 6 aromatic carbocycles. The summed E-state index contributed by atoms with van der Waals surface area (Å²) >= 11 is 3.52. The maximum absolute atomic E-state index is 6.48. The molecule has 47 heavy (non-hydrogen) atoms. The molecule has 4 heterocycles. The van der Waals surface area contributed by atoms with Crippen molar-refractivity contribution in [3.05, 3.63) is 133 Å². The van der Waals surface area contributed by atoms with Crippen LogP contribution in [0.4, 0.5) is 0 Å². The highest BCUT2D eigenvalue weighted by Gasteiger charge is 2.20. The van der Waals surface area contributed by atoms with Crippen LogP contribution in [0.5, 0.6) is 0 Å². The highest BCUT2D eigenvalue weighted by Crippen LogP contribution is 2.44. The molecule has 10 rings (SSSR count). The van der Waals surface area contributed by atoms with Crippen LogP contribution in [0.3, 0.4) is 0 Å². The van der Waals surface area contributed by atoms with Crippen molar-refractivity contribution in [3.8, 4) is 45.6 Å². The quantitative estimate of drug-likeness (QED) is 0.192. The van der Waals surface area contributed by atoms with Gasteiger partial charge in [0.05, 0.1) is 5.56 Å². The summed E-state index contributed by atoms with van der Waals surface area (Å²) in [5.74, 6) is 2.56. The summed E-state index contributed by atoms with van der Waals surface area (Å²) in [5, 5.41) is 4.70. The summed E-state index contributed by atoms with van der Waals surface area (Å²) in [6.07, 6.45) is 0. The first-order chi connectivity index (χ1) is 23.3. The maximum Gasteiger partial charge on any atom is 0.228 e. The van der Waals surface area contributed by atoms with Crippen LogP contribution in [0.1, 0.15) is 0 Å². The number of rotatable bonds is 4. The Kier molecular flexibility index (Phi) is 5.85. The number of benzene rings is 6. The molecule has 10 aromatic rings. The van der Waals surface area contributed by atoms with Gasteiger partial charge in [-0.25, -0.2) is 19.9 Å². The largest absolute Gasteiger partial charge is 0.436 e. The summed E-state index contributed by atoms with van der Waals surface area (Å²) in [7, 11) is 0. The third kappa shape index (κ3) is 4.28. The summed E-state index contributed by atoms with van der Waals surface area (Å²) in [5.41, 5.74) is 5.47. The standard InChI is InChI=1S/C40H22N4OS2/c1-3-11-23(12-4-1)37-42-38(24-13-5-2-6-14-24)44-39(43-37)27-17-10-20-33-35(27)29-21-30-31(22-34(29)46-33)45-40(41-30)28-18-9-16-26-25-15-7-8-19-32(25)47-36(26)28/h1-22H. The molecule has 0 amide bonds. The Labute approximate surface area is 276 Å². The summed E-state index contributed by atoms with van der Waals surface area (Å²) < 4.78 is 11.2. The van der Waals surface area contributed by atoms with Crippen molar-refractivity contribution in [2.45, 2.75) is 0 Å². The van der Waals surface area contributed by atoms with Gasteiger partial charge in [0.1, 0.15) is 5.52 Å². The lowest BCUT2D eigenvalue weighted by molar-refractivity contribution is 0.621. The van der Waals surface area contributed by atoms with E-state index in [1.807, 2.05) is 60.7 Å². The van der Waals surface area contributed by atoms with E-state index in [9.17, 15) is 0 Å². The van der Waals surface area contributed by atoms with E-state index >= 15 is 0 Å². The number of hydrogen-bond acceptors (Lipinski definition) is 7. The van der Waals surface area contributed by atoms with Gasteiger partial charge in [0, 0.05) is 63.1 Å². The lowest BCUT2D eigenvalue weighted by atomic mass is 10.0. The fourth-order valence-electron chi connectivity index (χ4n) is 6.39. The Morgan fingerprint density at radius 3 is 1.87 bits per heavy atom. The Hall–Kier alpha value is -5.76. The smallest absolute Gasteiger partial charge is 0.228 e. The zero-order valence-corrected chi connectivity index (χ0v) is 26.3. The Bertz CT molecular complexity index is 2740. The molecule has 0 radical (unpaired) electrons. The van der Waals surface area contributed by atoms with Crippen molar-refractivity contribution in [2.24, 2.45) is 0 Å². The first-order valence-corrected chi connectivity index (χ1v) is 16.9. The fourth-order valence-corrected chi connectivity index (χ4v) is 8.74. The predicted molar refractivity (Wildman–Crippen MR) is 195 cm³/mol. The zero-order chi connectivity index (χ0) is 30.9. The van der Waals surface area contributed by atoms with Crippen molar-refractivity contribution >= 4 is 74.1 Å². The van der Waals surface area contributed by atoms with E-state index in [1.165, 1.54) is 20.2 Å². The van der Waals surface area contributed by atoms with E-state index < -0.39 is 0 Å². The Morgan fingerprint density at radius 2 is 1.09 bits per heavy atom. The lowest BCUT2D eigenvalue weighted by Crippen LogP contribution is -2.00. The van der Waals surface area contributed by atoms with Crippen LogP contribution in [0.2, 0.25) is 0 Å². The van der Waals surface area contributed by atoms with Gasteiger partial charge in [0.25, 0.3) is 0 Å². The van der Waals surface area contributed by atoms with Gasteiger partial charge in [-0.05, 0) is 24.3 Å². The van der Waals surface area contributed by atoms with Crippen molar-refractivity contribution < 1.29 is 4.42 Å². The zero-order valence-electron chi connectivity index (χ0n) is 24.7. The molecular formula is C40H22N4OS2. The summed E-state index contributed by atoms with van der Waals surface area (Å²) in [6.45, 7) is 0. The molecule has 0 aliphatic heterocycles. The van der Waals surface area contributed by atoms with E-state index in [1.54, 1.807) is 22.7 Å². The molecule has 0 aliphatic rings. The van der Waals surface area contributed by atoms with Crippen molar-refractivity contribution in [1.82, 2.24) is 19.9 Å². The van der Waals surface area contributed by atoms with Crippen LogP contribution in [-0.4, -0.2) is 19.9 Å². The van der Waals surface area contributed by atoms with Gasteiger partial charge in [0.2, 0.25) is 5.89 Å². The average Bonchev–Trinajstić information content (AvgIpc) is 3.83. The molecular weight excluding hydrogens is 617 g/mol. The SMILES string of the molecule is c1ccc(-c2nc(-c3ccccc3)nc(-c3cccc4sc5cc6oc(-c7cccc8c7sc7ccccc78)nc6cc5c34)n2)cc1. The summed E-state index contributed by atoms with van der Waals surface area (Å²) in [4.78, 5) is 20.0. The Morgan fingerprint density at radius 1 is 0.447 bits per heavy atom. The first-order valence-electron chi connectivity index (χ1n) is 15.3. The minimum Gasteiger partial charge on any atom is -0.436 e.